The van der Waals surface area contributed by atoms with Crippen molar-refractivity contribution >= 4 is 12.3 Å². The minimum Gasteiger partial charge on any atom is -0.331 e. The molecular formula is C25H47N5. The molecule has 172 valence electrons. The van der Waals surface area contributed by atoms with Crippen molar-refractivity contribution in [1.82, 2.24) is 15.8 Å². The Kier molecular flexibility index (Phi) is 6.91. The maximum Gasteiger partial charge on any atom is 0.221 e. The summed E-state index contributed by atoms with van der Waals surface area (Å²) >= 11 is 0. The Morgan fingerprint density at radius 1 is 0.900 bits per heavy atom. The average Bonchev–Trinajstić information content (AvgIpc) is 2.63. The molecule has 0 spiro atoms. The van der Waals surface area contributed by atoms with Crippen LogP contribution in [-0.4, -0.2) is 35.1 Å². The summed E-state index contributed by atoms with van der Waals surface area (Å²) in [5, 5.41) is 5.73. The second kappa shape index (κ2) is 8.80. The van der Waals surface area contributed by atoms with Crippen LogP contribution in [0.25, 0.3) is 0 Å². The Labute approximate surface area is 185 Å². The van der Waals surface area contributed by atoms with Gasteiger partial charge < -0.3 is 5.32 Å². The fourth-order valence-electron chi connectivity index (χ4n) is 5.41. The van der Waals surface area contributed by atoms with Crippen LogP contribution in [0.3, 0.4) is 0 Å². The third-order valence-corrected chi connectivity index (χ3v) is 7.82. The van der Waals surface area contributed by atoms with Gasteiger partial charge in [0.25, 0.3) is 0 Å². The summed E-state index contributed by atoms with van der Waals surface area (Å²) in [7, 11) is 0. The van der Waals surface area contributed by atoms with Gasteiger partial charge in [-0.25, -0.2) is 15.4 Å². The summed E-state index contributed by atoms with van der Waals surface area (Å²) < 4.78 is 0. The largest absolute Gasteiger partial charge is 0.331 e. The van der Waals surface area contributed by atoms with Gasteiger partial charge in [-0.3, -0.25) is 5.01 Å². The molecule has 2 fully saturated rings. The fourth-order valence-corrected chi connectivity index (χ4v) is 5.41. The van der Waals surface area contributed by atoms with Crippen LogP contribution in [0.4, 0.5) is 0 Å². The number of hydrogen-bond acceptors (Lipinski definition) is 3. The molecule has 0 amide bonds. The molecule has 0 atom stereocenters. The van der Waals surface area contributed by atoms with Crippen LogP contribution in [0.2, 0.25) is 0 Å². The number of hydrazine groups is 1. The fraction of sp³-hybridized carbons (Fsp3) is 0.920. The van der Waals surface area contributed by atoms with E-state index in [0.717, 1.165) is 17.8 Å². The first-order valence-corrected chi connectivity index (χ1v) is 12.3. The highest BCUT2D eigenvalue weighted by atomic mass is 15.6. The van der Waals surface area contributed by atoms with Gasteiger partial charge in [0.15, 0.2) is 0 Å². The molecule has 0 aromatic carbocycles. The third-order valence-electron chi connectivity index (χ3n) is 7.82. The highest BCUT2D eigenvalue weighted by molar-refractivity contribution is 5.90. The van der Waals surface area contributed by atoms with Gasteiger partial charge in [0.05, 0.1) is 6.04 Å². The van der Waals surface area contributed by atoms with E-state index >= 15 is 0 Å². The normalized spacial score (nSPS) is 34.1. The van der Waals surface area contributed by atoms with E-state index in [1.54, 1.807) is 0 Å². The maximum atomic E-state index is 4.98. The Morgan fingerprint density at radius 2 is 1.40 bits per heavy atom. The first kappa shape index (κ1) is 23.6. The molecule has 30 heavy (non-hydrogen) atoms. The zero-order chi connectivity index (χ0) is 22.2. The van der Waals surface area contributed by atoms with Crippen molar-refractivity contribution in [3.63, 3.8) is 0 Å². The van der Waals surface area contributed by atoms with Gasteiger partial charge in [-0.1, -0.05) is 41.5 Å². The molecule has 0 saturated heterocycles. The summed E-state index contributed by atoms with van der Waals surface area (Å²) in [6.45, 7) is 18.7. The predicted octanol–water partition coefficient (Wildman–Crippen LogP) is 5.73. The Balaban J connectivity index is 1.53. The molecule has 0 aromatic heterocycles. The Hall–Kier alpha value is -1.10. The lowest BCUT2D eigenvalue weighted by molar-refractivity contribution is 0.0805. The topological polar surface area (TPSA) is 52.0 Å². The van der Waals surface area contributed by atoms with E-state index in [1.807, 2.05) is 6.34 Å². The summed E-state index contributed by atoms with van der Waals surface area (Å²) in [6, 6.07) is 0.938. The van der Waals surface area contributed by atoms with Crippen molar-refractivity contribution < 1.29 is 0 Å². The van der Waals surface area contributed by atoms with E-state index in [0.29, 0.717) is 22.9 Å². The van der Waals surface area contributed by atoms with Crippen molar-refractivity contribution in [3.8, 4) is 0 Å². The molecular weight excluding hydrogens is 370 g/mol. The molecule has 0 unspecified atom stereocenters. The van der Waals surface area contributed by atoms with Crippen molar-refractivity contribution in [1.29, 1.82) is 0 Å². The van der Waals surface area contributed by atoms with Gasteiger partial charge in [0.1, 0.15) is 12.0 Å². The molecule has 2 N–H and O–H groups in total. The molecule has 5 heteroatoms. The zero-order valence-electron chi connectivity index (χ0n) is 20.9. The highest BCUT2D eigenvalue weighted by Crippen LogP contribution is 2.39. The maximum absolute atomic E-state index is 4.98. The van der Waals surface area contributed by atoms with E-state index in [9.17, 15) is 0 Å². The van der Waals surface area contributed by atoms with Crippen LogP contribution in [-0.2, 0) is 0 Å². The number of nitrogens with one attached hydrogen (secondary N) is 2. The molecule has 2 aliphatic carbocycles. The monoisotopic (exact) mass is 417 g/mol. The van der Waals surface area contributed by atoms with Gasteiger partial charge in [0.2, 0.25) is 5.96 Å². The summed E-state index contributed by atoms with van der Waals surface area (Å²) in [6.07, 6.45) is 12.0. The standard InChI is InChI=1S/C25H47N5/c1-23(2,3)18-9-13-20(14-10-18)27-22-26-17-30(25(7,8)28-22)29-21-15-11-19(12-16-21)24(4,5)6/h17-21,29H,9-16H2,1-8H3,(H,27,28). The molecule has 0 radical (unpaired) electrons. The van der Waals surface area contributed by atoms with Crippen molar-refractivity contribution in [2.75, 3.05) is 0 Å². The van der Waals surface area contributed by atoms with Crippen molar-refractivity contribution in [2.24, 2.45) is 32.7 Å². The molecule has 1 aliphatic heterocycles. The third kappa shape index (κ3) is 5.99. The summed E-state index contributed by atoms with van der Waals surface area (Å²) in [5.41, 5.74) is 4.34. The Bertz CT molecular complexity index is 621. The van der Waals surface area contributed by atoms with Crippen molar-refractivity contribution in [3.05, 3.63) is 0 Å². The summed E-state index contributed by atoms with van der Waals surface area (Å²) in [5.74, 6) is 2.46. The van der Waals surface area contributed by atoms with Crippen LogP contribution in [0.5, 0.6) is 0 Å². The minimum atomic E-state index is -0.232. The van der Waals surface area contributed by atoms with Crippen molar-refractivity contribution in [2.45, 2.75) is 125 Å². The molecule has 1 heterocycles. The lowest BCUT2D eigenvalue weighted by atomic mass is 9.71. The second-order valence-corrected chi connectivity index (χ2v) is 12.7. The SMILES string of the molecule is CC(C)(C)C1CCC(N=C2N=CN(NC3CCC(C(C)(C)C)CC3)C(C)(C)N2)CC1. The molecule has 0 aromatic rings. The van der Waals surface area contributed by atoms with Gasteiger partial charge >= 0.3 is 0 Å². The van der Waals surface area contributed by atoms with E-state index in [4.69, 9.17) is 4.99 Å². The van der Waals surface area contributed by atoms with Gasteiger partial charge in [-0.15, -0.1) is 0 Å². The van der Waals surface area contributed by atoms with Gasteiger partial charge in [-0.2, -0.15) is 0 Å². The van der Waals surface area contributed by atoms with Gasteiger partial charge in [-0.05, 0) is 87.9 Å². The number of guanidine groups is 1. The zero-order valence-corrected chi connectivity index (χ0v) is 20.9. The van der Waals surface area contributed by atoms with Crippen LogP contribution >= 0.6 is 0 Å². The first-order valence-electron chi connectivity index (χ1n) is 12.3. The van der Waals surface area contributed by atoms with Crippen LogP contribution in [0.15, 0.2) is 9.98 Å². The lowest BCUT2D eigenvalue weighted by Gasteiger charge is -2.45. The minimum absolute atomic E-state index is 0.232. The van der Waals surface area contributed by atoms with Crippen LogP contribution in [0.1, 0.15) is 107 Å². The highest BCUT2D eigenvalue weighted by Gasteiger charge is 2.35. The van der Waals surface area contributed by atoms with Crippen LogP contribution < -0.4 is 10.7 Å². The molecule has 3 aliphatic rings. The molecule has 2 saturated carbocycles. The quantitative estimate of drug-likeness (QED) is 0.617. The first-order chi connectivity index (χ1) is 13.8. The van der Waals surface area contributed by atoms with E-state index < -0.39 is 0 Å². The van der Waals surface area contributed by atoms with Crippen LogP contribution in [0, 0.1) is 22.7 Å². The number of rotatable bonds is 3. The average molecular weight is 418 g/mol. The van der Waals surface area contributed by atoms with E-state index in [2.05, 4.69) is 76.1 Å². The molecule has 0 bridgehead atoms. The van der Waals surface area contributed by atoms with E-state index in [1.165, 1.54) is 51.4 Å². The second-order valence-electron chi connectivity index (χ2n) is 12.7. The number of aliphatic imine (C=N–C) groups is 2. The Morgan fingerprint density at radius 3 is 1.87 bits per heavy atom. The number of nitrogens with zero attached hydrogens (tertiary/aromatic N) is 3. The smallest absolute Gasteiger partial charge is 0.221 e. The summed E-state index contributed by atoms with van der Waals surface area (Å²) in [4.78, 5) is 9.64. The van der Waals surface area contributed by atoms with E-state index in [-0.39, 0.29) is 5.66 Å². The predicted molar refractivity (Wildman–Crippen MR) is 129 cm³/mol. The van der Waals surface area contributed by atoms with Gasteiger partial charge in [0, 0.05) is 6.04 Å². The molecule has 5 nitrogen and oxygen atoms in total. The lowest BCUT2D eigenvalue weighted by Crippen LogP contribution is -2.65. The number of hydrogen-bond donors (Lipinski definition) is 2. The molecule has 3 rings (SSSR count).